The third kappa shape index (κ3) is 4.61. The van der Waals surface area contributed by atoms with Crippen LogP contribution < -0.4 is 10.9 Å². The average Bonchev–Trinajstić information content (AvgIpc) is 2.73. The number of carbonyl (C=O) groups is 1. The van der Waals surface area contributed by atoms with Crippen LogP contribution in [0.3, 0.4) is 0 Å². The van der Waals surface area contributed by atoms with Crippen LogP contribution in [-0.2, 0) is 9.47 Å². The normalized spacial score (nSPS) is 11.8. The maximum Gasteiger partial charge on any atom is 0.339 e. The smallest absolute Gasteiger partial charge is 0.339 e. The van der Waals surface area contributed by atoms with Crippen LogP contribution in [0.25, 0.3) is 10.9 Å². The number of H-pyrrole nitrogens is 1. The Balaban J connectivity index is 1.80. The Morgan fingerprint density at radius 3 is 2.80 bits per heavy atom. The topological polar surface area (TPSA) is 136 Å². The number of aromatic nitrogens is 2. The summed E-state index contributed by atoms with van der Waals surface area (Å²) in [6, 6.07) is 10.8. The minimum atomic E-state index is -0.867. The largest absolute Gasteiger partial charge is 0.451 e. The number of nitrogens with one attached hydrogen (secondary N) is 2. The number of esters is 1. The van der Waals surface area contributed by atoms with Gasteiger partial charge < -0.3 is 19.8 Å². The van der Waals surface area contributed by atoms with E-state index < -0.39 is 17.0 Å². The van der Waals surface area contributed by atoms with E-state index in [0.717, 1.165) is 6.07 Å². The molecule has 1 atom stereocenters. The third-order valence-electron chi connectivity index (χ3n) is 4.35. The SMILES string of the molecule is COCCNc1ccc(C(=O)O[C@@H](C)c2nc3ccccc3c(=O)[nH]2)cc1[N+](=O)[O-]. The molecule has 0 bridgehead atoms. The van der Waals surface area contributed by atoms with Crippen LogP contribution in [0.5, 0.6) is 0 Å². The van der Waals surface area contributed by atoms with Crippen LogP contribution in [0, 0.1) is 10.1 Å². The van der Waals surface area contributed by atoms with Gasteiger partial charge in [0.05, 0.1) is 28.0 Å². The Bertz CT molecular complexity index is 1140. The van der Waals surface area contributed by atoms with Crippen molar-refractivity contribution in [3.63, 3.8) is 0 Å². The molecule has 0 aliphatic rings. The molecule has 0 saturated carbocycles. The molecule has 1 aromatic heterocycles. The van der Waals surface area contributed by atoms with Crippen LogP contribution in [0.1, 0.15) is 29.2 Å². The number of para-hydroxylation sites is 1. The number of fused-ring (bicyclic) bond motifs is 1. The molecular formula is C20H20N4O6. The molecule has 10 nitrogen and oxygen atoms in total. The molecule has 2 N–H and O–H groups in total. The van der Waals surface area contributed by atoms with Gasteiger partial charge >= 0.3 is 5.97 Å². The number of aromatic amines is 1. The Morgan fingerprint density at radius 2 is 2.07 bits per heavy atom. The minimum absolute atomic E-state index is 0.00831. The zero-order chi connectivity index (χ0) is 21.7. The van der Waals surface area contributed by atoms with E-state index >= 15 is 0 Å². The van der Waals surface area contributed by atoms with Crippen molar-refractivity contribution < 1.29 is 19.2 Å². The fourth-order valence-corrected chi connectivity index (χ4v) is 2.83. The van der Waals surface area contributed by atoms with Gasteiger partial charge in [0.25, 0.3) is 11.2 Å². The number of carbonyl (C=O) groups excluding carboxylic acids is 1. The summed E-state index contributed by atoms with van der Waals surface area (Å²) in [5.74, 6) is -0.593. The highest BCUT2D eigenvalue weighted by molar-refractivity contribution is 5.91. The second kappa shape index (κ2) is 9.14. The van der Waals surface area contributed by atoms with Gasteiger partial charge in [-0.25, -0.2) is 9.78 Å². The second-order valence-electron chi connectivity index (χ2n) is 6.42. The van der Waals surface area contributed by atoms with Crippen molar-refractivity contribution in [2.24, 2.45) is 0 Å². The number of methoxy groups -OCH3 is 1. The first kappa shape index (κ1) is 20.9. The third-order valence-corrected chi connectivity index (χ3v) is 4.35. The molecule has 10 heteroatoms. The van der Waals surface area contributed by atoms with Crippen LogP contribution >= 0.6 is 0 Å². The summed E-state index contributed by atoms with van der Waals surface area (Å²) in [5.41, 5.74) is 0.142. The predicted molar refractivity (Wildman–Crippen MR) is 110 cm³/mol. The maximum absolute atomic E-state index is 12.5. The minimum Gasteiger partial charge on any atom is -0.451 e. The lowest BCUT2D eigenvalue weighted by Gasteiger charge is -2.13. The van der Waals surface area contributed by atoms with Crippen molar-refractivity contribution in [1.29, 1.82) is 0 Å². The molecule has 30 heavy (non-hydrogen) atoms. The van der Waals surface area contributed by atoms with E-state index in [1.165, 1.54) is 19.2 Å². The summed E-state index contributed by atoms with van der Waals surface area (Å²) in [7, 11) is 1.52. The van der Waals surface area contributed by atoms with Gasteiger partial charge in [-0.3, -0.25) is 14.9 Å². The molecule has 0 aliphatic heterocycles. The first-order chi connectivity index (χ1) is 14.4. The summed E-state index contributed by atoms with van der Waals surface area (Å²) in [6.07, 6.45) is -0.867. The molecule has 3 rings (SSSR count). The van der Waals surface area contributed by atoms with Gasteiger partial charge in [0.1, 0.15) is 5.69 Å². The summed E-state index contributed by atoms with van der Waals surface area (Å²) in [4.78, 5) is 42.4. The van der Waals surface area contributed by atoms with Crippen LogP contribution in [0.4, 0.5) is 11.4 Å². The van der Waals surface area contributed by atoms with Gasteiger partial charge in [0, 0.05) is 19.7 Å². The number of rotatable bonds is 8. The first-order valence-corrected chi connectivity index (χ1v) is 9.12. The van der Waals surface area contributed by atoms with Crippen molar-refractivity contribution in [3.8, 4) is 0 Å². The fourth-order valence-electron chi connectivity index (χ4n) is 2.83. The van der Waals surface area contributed by atoms with Gasteiger partial charge in [-0.05, 0) is 31.2 Å². The molecule has 0 aliphatic carbocycles. The zero-order valence-corrected chi connectivity index (χ0v) is 16.4. The van der Waals surface area contributed by atoms with Crippen LogP contribution in [0.2, 0.25) is 0 Å². The Kier molecular flexibility index (Phi) is 6.38. The number of benzene rings is 2. The van der Waals surface area contributed by atoms with E-state index in [9.17, 15) is 19.7 Å². The number of hydrogen-bond acceptors (Lipinski definition) is 8. The van der Waals surface area contributed by atoms with Gasteiger partial charge in [-0.1, -0.05) is 12.1 Å². The van der Waals surface area contributed by atoms with Gasteiger partial charge in [0.2, 0.25) is 0 Å². The predicted octanol–water partition coefficient (Wildman–Crippen LogP) is 2.81. The van der Waals surface area contributed by atoms with E-state index in [1.54, 1.807) is 31.2 Å². The molecule has 0 spiro atoms. The second-order valence-corrected chi connectivity index (χ2v) is 6.42. The summed E-state index contributed by atoms with van der Waals surface area (Å²) < 4.78 is 10.3. The van der Waals surface area contributed by atoms with Gasteiger partial charge in [-0.2, -0.15) is 0 Å². The molecule has 0 radical (unpaired) electrons. The zero-order valence-electron chi connectivity index (χ0n) is 16.4. The van der Waals surface area contributed by atoms with Gasteiger partial charge in [0.15, 0.2) is 11.9 Å². The van der Waals surface area contributed by atoms with Crippen molar-refractivity contribution in [1.82, 2.24) is 9.97 Å². The van der Waals surface area contributed by atoms with Crippen molar-refractivity contribution in [2.45, 2.75) is 13.0 Å². The van der Waals surface area contributed by atoms with Gasteiger partial charge in [-0.15, -0.1) is 0 Å². The number of hydrogen-bond donors (Lipinski definition) is 2. The average molecular weight is 412 g/mol. The maximum atomic E-state index is 12.5. The molecule has 156 valence electrons. The summed E-state index contributed by atoms with van der Waals surface area (Å²) >= 11 is 0. The highest BCUT2D eigenvalue weighted by Crippen LogP contribution is 2.26. The Labute approximate surface area is 171 Å². The lowest BCUT2D eigenvalue weighted by atomic mass is 10.1. The molecule has 3 aromatic rings. The van der Waals surface area contributed by atoms with E-state index in [1.807, 2.05) is 0 Å². The van der Waals surface area contributed by atoms with E-state index in [0.29, 0.717) is 24.1 Å². The standard InChI is InChI=1S/C20H20N4O6/c1-12(18-22-15-6-4-3-5-14(15)19(25)23-18)30-20(26)13-7-8-16(21-9-10-29-2)17(11-13)24(27)28/h3-8,11-12,21H,9-10H2,1-2H3,(H,22,23,25)/t12-/m0/s1. The molecular weight excluding hydrogens is 392 g/mol. The summed E-state index contributed by atoms with van der Waals surface area (Å²) in [6.45, 7) is 2.30. The number of anilines is 1. The highest BCUT2D eigenvalue weighted by Gasteiger charge is 2.21. The Morgan fingerprint density at radius 1 is 1.30 bits per heavy atom. The van der Waals surface area contributed by atoms with Crippen LogP contribution in [0.15, 0.2) is 47.3 Å². The number of nitro groups is 1. The molecule has 0 saturated heterocycles. The van der Waals surface area contributed by atoms with E-state index in [4.69, 9.17) is 9.47 Å². The molecule has 2 aromatic carbocycles. The highest BCUT2D eigenvalue weighted by atomic mass is 16.6. The van der Waals surface area contributed by atoms with Crippen molar-refractivity contribution in [3.05, 3.63) is 74.3 Å². The van der Waals surface area contributed by atoms with Crippen molar-refractivity contribution in [2.75, 3.05) is 25.6 Å². The lowest BCUT2D eigenvalue weighted by molar-refractivity contribution is -0.384. The Hall–Kier alpha value is -3.79. The number of nitrogens with zero attached hydrogens (tertiary/aromatic N) is 2. The van der Waals surface area contributed by atoms with E-state index in [-0.39, 0.29) is 28.3 Å². The monoisotopic (exact) mass is 412 g/mol. The lowest BCUT2D eigenvalue weighted by Crippen LogP contribution is -2.17. The first-order valence-electron chi connectivity index (χ1n) is 9.12. The summed E-state index contributed by atoms with van der Waals surface area (Å²) in [5, 5.41) is 14.7. The molecule has 0 fully saturated rings. The van der Waals surface area contributed by atoms with Crippen LogP contribution in [-0.4, -0.2) is 41.1 Å². The molecule has 1 heterocycles. The number of nitro benzene ring substituents is 1. The molecule has 0 unspecified atom stereocenters. The fraction of sp³-hybridized carbons (Fsp3) is 0.250. The van der Waals surface area contributed by atoms with Crippen molar-refractivity contribution >= 4 is 28.2 Å². The molecule has 0 amide bonds. The quantitative estimate of drug-likeness (QED) is 0.249. The number of ether oxygens (including phenoxy) is 2. The van der Waals surface area contributed by atoms with E-state index in [2.05, 4.69) is 15.3 Å².